The molecular weight excluding hydrogens is 213 g/mol. The van der Waals surface area contributed by atoms with Gasteiger partial charge in [-0.05, 0) is 25.1 Å². The fraction of sp³-hybridized carbons (Fsp3) is 0.182. The van der Waals surface area contributed by atoms with Crippen molar-refractivity contribution >= 4 is 16.9 Å². The Kier molecular flexibility index (Phi) is 2.52. The average Bonchev–Trinajstić information content (AvgIpc) is 2.69. The third-order valence-corrected chi connectivity index (χ3v) is 2.21. The number of aromatic amines is 1. The largest absolute Gasteiger partial charge is 0.505 e. The minimum absolute atomic E-state index is 0.168. The van der Waals surface area contributed by atoms with E-state index in [-0.39, 0.29) is 17.7 Å². The van der Waals surface area contributed by atoms with Gasteiger partial charge < -0.3 is 14.8 Å². The van der Waals surface area contributed by atoms with Gasteiger partial charge in [-0.2, -0.15) is 0 Å². The van der Waals surface area contributed by atoms with E-state index in [2.05, 4.69) is 4.98 Å². The number of aromatic hydroxyl groups is 1. The highest BCUT2D eigenvalue weighted by Gasteiger charge is 2.14. The van der Waals surface area contributed by atoms with Crippen LogP contribution in [0.3, 0.4) is 0 Å². The van der Waals surface area contributed by atoms with Crippen LogP contribution in [-0.4, -0.2) is 22.7 Å². The summed E-state index contributed by atoms with van der Waals surface area (Å²) in [7, 11) is 0. The first-order valence-corrected chi connectivity index (χ1v) is 4.80. The molecular formula is C11H10FNO3. The fourth-order valence-electron chi connectivity index (χ4n) is 1.48. The van der Waals surface area contributed by atoms with Crippen LogP contribution in [0.25, 0.3) is 10.9 Å². The monoisotopic (exact) mass is 223 g/mol. The van der Waals surface area contributed by atoms with Gasteiger partial charge in [-0.1, -0.05) is 0 Å². The van der Waals surface area contributed by atoms with Crippen molar-refractivity contribution in [2.75, 3.05) is 6.61 Å². The number of aromatic nitrogens is 1. The normalized spacial score (nSPS) is 10.6. The molecule has 0 radical (unpaired) electrons. The molecule has 1 heterocycles. The second-order valence-electron chi connectivity index (χ2n) is 3.26. The summed E-state index contributed by atoms with van der Waals surface area (Å²) < 4.78 is 18.2. The minimum atomic E-state index is -0.746. The third kappa shape index (κ3) is 1.60. The quantitative estimate of drug-likeness (QED) is 0.767. The molecule has 0 saturated carbocycles. The second-order valence-corrected chi connectivity index (χ2v) is 3.26. The van der Waals surface area contributed by atoms with Crippen LogP contribution in [-0.2, 0) is 4.74 Å². The molecule has 5 heteroatoms. The first kappa shape index (κ1) is 10.5. The summed E-state index contributed by atoms with van der Waals surface area (Å²) >= 11 is 0. The summed E-state index contributed by atoms with van der Waals surface area (Å²) in [5.41, 5.74) is 0.611. The molecule has 0 fully saturated rings. The number of phenols is 1. The number of benzene rings is 1. The van der Waals surface area contributed by atoms with Crippen molar-refractivity contribution in [3.63, 3.8) is 0 Å². The zero-order valence-electron chi connectivity index (χ0n) is 8.58. The van der Waals surface area contributed by atoms with Gasteiger partial charge in [-0.15, -0.1) is 0 Å². The first-order chi connectivity index (χ1) is 7.63. The van der Waals surface area contributed by atoms with Gasteiger partial charge in [0.2, 0.25) is 0 Å². The fourth-order valence-corrected chi connectivity index (χ4v) is 1.48. The third-order valence-electron chi connectivity index (χ3n) is 2.21. The number of phenolic OH excluding ortho intramolecular Hbond substituents is 1. The lowest BCUT2D eigenvalue weighted by Gasteiger charge is -1.96. The van der Waals surface area contributed by atoms with E-state index in [1.807, 2.05) is 0 Å². The lowest BCUT2D eigenvalue weighted by molar-refractivity contribution is 0.0520. The van der Waals surface area contributed by atoms with Crippen LogP contribution < -0.4 is 0 Å². The van der Waals surface area contributed by atoms with Crippen molar-refractivity contribution in [2.45, 2.75) is 6.92 Å². The molecule has 0 spiro atoms. The topological polar surface area (TPSA) is 62.3 Å². The Balaban J connectivity index is 2.52. The van der Waals surface area contributed by atoms with Gasteiger partial charge >= 0.3 is 5.97 Å². The van der Waals surface area contributed by atoms with Crippen molar-refractivity contribution in [3.8, 4) is 5.75 Å². The number of rotatable bonds is 2. The Morgan fingerprint density at radius 2 is 2.31 bits per heavy atom. The molecule has 4 nitrogen and oxygen atoms in total. The molecule has 1 aromatic heterocycles. The molecule has 84 valence electrons. The van der Waals surface area contributed by atoms with Crippen LogP contribution in [0.1, 0.15) is 17.4 Å². The van der Waals surface area contributed by atoms with Crippen LogP contribution in [0, 0.1) is 5.82 Å². The lowest BCUT2D eigenvalue weighted by Crippen LogP contribution is -2.04. The molecule has 0 aliphatic rings. The van der Waals surface area contributed by atoms with Crippen LogP contribution in [0.5, 0.6) is 5.75 Å². The number of H-pyrrole nitrogens is 1. The highest BCUT2D eigenvalue weighted by Crippen LogP contribution is 2.26. The predicted octanol–water partition coefficient (Wildman–Crippen LogP) is 2.19. The molecule has 0 atom stereocenters. The van der Waals surface area contributed by atoms with Crippen molar-refractivity contribution in [3.05, 3.63) is 29.7 Å². The Labute approximate surface area is 90.7 Å². The van der Waals surface area contributed by atoms with E-state index in [9.17, 15) is 9.18 Å². The molecule has 1 aromatic carbocycles. The highest BCUT2D eigenvalue weighted by molar-refractivity contribution is 5.95. The molecule has 0 bridgehead atoms. The van der Waals surface area contributed by atoms with E-state index in [0.717, 1.165) is 0 Å². The molecule has 0 aliphatic heterocycles. The maximum Gasteiger partial charge on any atom is 0.354 e. The average molecular weight is 223 g/mol. The van der Waals surface area contributed by atoms with Gasteiger partial charge in [-0.25, -0.2) is 9.18 Å². The maximum atomic E-state index is 13.4. The van der Waals surface area contributed by atoms with Crippen LogP contribution in [0.4, 0.5) is 4.39 Å². The highest BCUT2D eigenvalue weighted by atomic mass is 19.1. The number of halogens is 1. The zero-order valence-corrected chi connectivity index (χ0v) is 8.58. The number of fused-ring (bicyclic) bond motifs is 1. The van der Waals surface area contributed by atoms with Gasteiger partial charge in [0.25, 0.3) is 0 Å². The SMILES string of the molecule is CCOC(=O)c1cc2c(F)c(O)ccc2[nH]1. The molecule has 16 heavy (non-hydrogen) atoms. The maximum absolute atomic E-state index is 13.4. The van der Waals surface area contributed by atoms with Gasteiger partial charge in [0, 0.05) is 10.9 Å². The van der Waals surface area contributed by atoms with Crippen LogP contribution >= 0.6 is 0 Å². The van der Waals surface area contributed by atoms with Crippen molar-refractivity contribution < 1.29 is 19.0 Å². The van der Waals surface area contributed by atoms with Crippen LogP contribution in [0.2, 0.25) is 0 Å². The molecule has 0 amide bonds. The van der Waals surface area contributed by atoms with Gasteiger partial charge in [0.15, 0.2) is 11.6 Å². The van der Waals surface area contributed by atoms with E-state index < -0.39 is 17.5 Å². The predicted molar refractivity (Wildman–Crippen MR) is 55.9 cm³/mol. The molecule has 2 rings (SSSR count). The van der Waals surface area contributed by atoms with Crippen molar-refractivity contribution in [2.24, 2.45) is 0 Å². The number of ether oxygens (including phenoxy) is 1. The molecule has 0 aliphatic carbocycles. The van der Waals surface area contributed by atoms with Gasteiger partial charge in [0.1, 0.15) is 5.69 Å². The molecule has 0 unspecified atom stereocenters. The van der Waals surface area contributed by atoms with Gasteiger partial charge in [0.05, 0.1) is 6.61 Å². The van der Waals surface area contributed by atoms with Gasteiger partial charge in [-0.3, -0.25) is 0 Å². The zero-order chi connectivity index (χ0) is 11.7. The van der Waals surface area contributed by atoms with E-state index in [1.54, 1.807) is 6.92 Å². The molecule has 2 aromatic rings. The summed E-state index contributed by atoms with van der Waals surface area (Å²) in [5.74, 6) is -1.73. The smallest absolute Gasteiger partial charge is 0.354 e. The Hall–Kier alpha value is -2.04. The number of carbonyl (C=O) groups is 1. The first-order valence-electron chi connectivity index (χ1n) is 4.80. The molecule has 2 N–H and O–H groups in total. The van der Waals surface area contributed by atoms with E-state index >= 15 is 0 Å². The minimum Gasteiger partial charge on any atom is -0.505 e. The van der Waals surface area contributed by atoms with Crippen molar-refractivity contribution in [1.29, 1.82) is 0 Å². The van der Waals surface area contributed by atoms with Crippen molar-refractivity contribution in [1.82, 2.24) is 4.98 Å². The Bertz CT molecular complexity index is 547. The lowest BCUT2D eigenvalue weighted by atomic mass is 10.2. The number of hydrogen-bond acceptors (Lipinski definition) is 3. The summed E-state index contributed by atoms with van der Waals surface area (Å²) in [6, 6.07) is 4.04. The number of esters is 1. The number of carbonyl (C=O) groups excluding carboxylic acids is 1. The summed E-state index contributed by atoms with van der Waals surface area (Å²) in [6.07, 6.45) is 0. The Morgan fingerprint density at radius 3 is 3.00 bits per heavy atom. The summed E-state index contributed by atoms with van der Waals surface area (Å²) in [6.45, 7) is 1.94. The molecule has 0 saturated heterocycles. The Morgan fingerprint density at radius 1 is 1.56 bits per heavy atom. The standard InChI is InChI=1S/C11H10FNO3/c1-2-16-11(15)8-5-6-7(13-8)3-4-9(14)10(6)12/h3-5,13-14H,2H2,1H3. The van der Waals surface area contributed by atoms with E-state index in [0.29, 0.717) is 5.52 Å². The van der Waals surface area contributed by atoms with Crippen LogP contribution in [0.15, 0.2) is 18.2 Å². The van der Waals surface area contributed by atoms with E-state index in [1.165, 1.54) is 18.2 Å². The van der Waals surface area contributed by atoms with E-state index in [4.69, 9.17) is 9.84 Å². The number of nitrogens with one attached hydrogen (secondary N) is 1. The number of hydrogen-bond donors (Lipinski definition) is 2. The summed E-state index contributed by atoms with van der Waals surface area (Å²) in [5, 5.41) is 9.33. The summed E-state index contributed by atoms with van der Waals surface area (Å²) in [4.78, 5) is 14.1. The second kappa shape index (κ2) is 3.84.